The lowest BCUT2D eigenvalue weighted by atomic mass is 9.85. The summed E-state index contributed by atoms with van der Waals surface area (Å²) in [4.78, 5) is 37.7. The van der Waals surface area contributed by atoms with Gasteiger partial charge in [-0.1, -0.05) is 26.5 Å². The number of carbonyl (C=O) groups excluding carboxylic acids is 3. The summed E-state index contributed by atoms with van der Waals surface area (Å²) in [5, 5.41) is 0. The lowest BCUT2D eigenvalue weighted by Gasteiger charge is -2.16. The fourth-order valence-corrected chi connectivity index (χ4v) is 4.02. The maximum absolute atomic E-state index is 12.4. The van der Waals surface area contributed by atoms with Gasteiger partial charge in [0, 0.05) is 19.4 Å². The summed E-state index contributed by atoms with van der Waals surface area (Å²) < 4.78 is 0. The van der Waals surface area contributed by atoms with Gasteiger partial charge in [0.15, 0.2) is 0 Å². The van der Waals surface area contributed by atoms with Crippen molar-refractivity contribution in [1.29, 1.82) is 0 Å². The average Bonchev–Trinajstić information content (AvgIpc) is 3.08. The Morgan fingerprint density at radius 1 is 1.14 bits per heavy atom. The molecule has 116 valence electrons. The summed E-state index contributed by atoms with van der Waals surface area (Å²) in [6.45, 7) is 2.40. The fraction of sp³-hybridized carbons (Fsp3) is 0.706. The van der Waals surface area contributed by atoms with E-state index in [2.05, 4.69) is 12.2 Å². The maximum atomic E-state index is 12.4. The van der Waals surface area contributed by atoms with Crippen LogP contribution in [0.15, 0.2) is 12.2 Å². The molecule has 0 aromatic rings. The third kappa shape index (κ3) is 2.56. The van der Waals surface area contributed by atoms with Crippen molar-refractivity contribution < 1.29 is 14.4 Å². The van der Waals surface area contributed by atoms with E-state index in [-0.39, 0.29) is 48.7 Å². The SMILES string of the molecule is C.CCCC(=O)CCCN1C(=O)[C@@H]2[C@H]3C=CC(C3)[C@@H]2C1=O. The van der Waals surface area contributed by atoms with Gasteiger partial charge in [-0.2, -0.15) is 0 Å². The van der Waals surface area contributed by atoms with E-state index >= 15 is 0 Å². The lowest BCUT2D eigenvalue weighted by molar-refractivity contribution is -0.141. The predicted molar refractivity (Wildman–Crippen MR) is 80.3 cm³/mol. The molecule has 4 heteroatoms. The first-order valence-corrected chi connectivity index (χ1v) is 7.68. The summed E-state index contributed by atoms with van der Waals surface area (Å²) >= 11 is 0. The first-order valence-electron chi connectivity index (χ1n) is 7.68. The van der Waals surface area contributed by atoms with Crippen molar-refractivity contribution in [2.75, 3.05) is 6.54 Å². The Morgan fingerprint density at radius 3 is 2.24 bits per heavy atom. The number of allylic oxidation sites excluding steroid dienone is 2. The van der Waals surface area contributed by atoms with Gasteiger partial charge in [0.1, 0.15) is 5.78 Å². The number of Topliss-reactive ketones (excluding diaryl/α,β-unsaturated/α-hetero) is 1. The highest BCUT2D eigenvalue weighted by Gasteiger charge is 2.58. The molecule has 0 aromatic carbocycles. The molecule has 2 aliphatic carbocycles. The highest BCUT2D eigenvalue weighted by atomic mass is 16.2. The Kier molecular flexibility index (Phi) is 4.64. The normalized spacial score (nSPS) is 32.5. The molecule has 1 saturated heterocycles. The molecule has 2 amide bonds. The van der Waals surface area contributed by atoms with E-state index in [0.29, 0.717) is 25.8 Å². The van der Waals surface area contributed by atoms with Gasteiger partial charge >= 0.3 is 0 Å². The minimum Gasteiger partial charge on any atom is -0.300 e. The molecular formula is C17H25NO3. The third-order valence-corrected chi connectivity index (χ3v) is 4.93. The number of carbonyl (C=O) groups is 3. The van der Waals surface area contributed by atoms with Crippen molar-refractivity contribution in [1.82, 2.24) is 4.90 Å². The van der Waals surface area contributed by atoms with Crippen LogP contribution in [0.25, 0.3) is 0 Å². The molecule has 0 N–H and O–H groups in total. The third-order valence-electron chi connectivity index (χ3n) is 4.93. The van der Waals surface area contributed by atoms with Crippen LogP contribution in [0.4, 0.5) is 0 Å². The Morgan fingerprint density at radius 2 is 1.71 bits per heavy atom. The summed E-state index contributed by atoms with van der Waals surface area (Å²) in [5.74, 6) is 0.558. The smallest absolute Gasteiger partial charge is 0.233 e. The molecule has 2 bridgehead atoms. The number of fused-ring (bicyclic) bond motifs is 5. The minimum atomic E-state index is -0.108. The largest absolute Gasteiger partial charge is 0.300 e. The van der Waals surface area contributed by atoms with Crippen LogP contribution in [-0.2, 0) is 14.4 Å². The van der Waals surface area contributed by atoms with Crippen LogP contribution in [-0.4, -0.2) is 29.0 Å². The van der Waals surface area contributed by atoms with Crippen molar-refractivity contribution in [3.63, 3.8) is 0 Å². The van der Waals surface area contributed by atoms with Crippen LogP contribution < -0.4 is 0 Å². The molecule has 1 aliphatic heterocycles. The zero-order valence-corrected chi connectivity index (χ0v) is 11.9. The highest BCUT2D eigenvalue weighted by molar-refractivity contribution is 6.06. The lowest BCUT2D eigenvalue weighted by Crippen LogP contribution is -2.34. The van der Waals surface area contributed by atoms with Crippen LogP contribution in [0.2, 0.25) is 0 Å². The molecule has 4 nitrogen and oxygen atoms in total. The van der Waals surface area contributed by atoms with Crippen molar-refractivity contribution in [3.05, 3.63) is 12.2 Å². The highest BCUT2D eigenvalue weighted by Crippen LogP contribution is 2.52. The molecule has 0 aromatic heterocycles. The summed E-state index contributed by atoms with van der Waals surface area (Å²) in [6.07, 6.45) is 7.72. The summed E-state index contributed by atoms with van der Waals surface area (Å²) in [6, 6.07) is 0. The Labute approximate surface area is 126 Å². The van der Waals surface area contributed by atoms with E-state index in [1.807, 2.05) is 6.92 Å². The van der Waals surface area contributed by atoms with Gasteiger partial charge in [0.2, 0.25) is 11.8 Å². The molecule has 0 radical (unpaired) electrons. The number of ketones is 1. The van der Waals surface area contributed by atoms with Gasteiger partial charge in [0.05, 0.1) is 11.8 Å². The zero-order chi connectivity index (χ0) is 14.3. The molecule has 3 rings (SSSR count). The predicted octanol–water partition coefficient (Wildman–Crippen LogP) is 2.58. The number of likely N-dealkylation sites (tertiary alicyclic amines) is 1. The van der Waals surface area contributed by atoms with Gasteiger partial charge in [-0.15, -0.1) is 0 Å². The van der Waals surface area contributed by atoms with E-state index < -0.39 is 0 Å². The van der Waals surface area contributed by atoms with Crippen molar-refractivity contribution in [3.8, 4) is 0 Å². The van der Waals surface area contributed by atoms with Crippen LogP contribution in [0.5, 0.6) is 0 Å². The minimum absolute atomic E-state index is 0. The molecule has 4 atom stereocenters. The van der Waals surface area contributed by atoms with Gasteiger partial charge in [0.25, 0.3) is 0 Å². The maximum Gasteiger partial charge on any atom is 0.233 e. The molecule has 1 saturated carbocycles. The molecule has 1 unspecified atom stereocenters. The Bertz CT molecular complexity index is 452. The quantitative estimate of drug-likeness (QED) is 0.558. The van der Waals surface area contributed by atoms with Gasteiger partial charge in [-0.3, -0.25) is 19.3 Å². The first-order chi connectivity index (χ1) is 9.63. The average molecular weight is 291 g/mol. The monoisotopic (exact) mass is 291 g/mol. The Hall–Kier alpha value is -1.45. The van der Waals surface area contributed by atoms with E-state index in [4.69, 9.17) is 0 Å². The standard InChI is InChI=1S/C16H21NO3.CH4/c1-2-4-12(18)5-3-8-17-15(19)13-10-6-7-11(9-10)14(13)16(17)20;/h6-7,10-11,13-14H,2-5,8-9H2,1H3;1H4/t10-,11?,13+,14-;/m0./s1. The second-order valence-corrected chi connectivity index (χ2v) is 6.22. The van der Waals surface area contributed by atoms with E-state index in [0.717, 1.165) is 12.8 Å². The van der Waals surface area contributed by atoms with Crippen molar-refractivity contribution in [2.45, 2.75) is 46.5 Å². The van der Waals surface area contributed by atoms with Crippen LogP contribution in [0, 0.1) is 23.7 Å². The van der Waals surface area contributed by atoms with Crippen molar-refractivity contribution in [2.24, 2.45) is 23.7 Å². The summed E-state index contributed by atoms with van der Waals surface area (Å²) in [5.41, 5.74) is 0. The fourth-order valence-electron chi connectivity index (χ4n) is 4.02. The topological polar surface area (TPSA) is 54.5 Å². The van der Waals surface area contributed by atoms with Crippen LogP contribution in [0.3, 0.4) is 0 Å². The number of amides is 2. The van der Waals surface area contributed by atoms with Gasteiger partial charge in [-0.25, -0.2) is 0 Å². The number of hydrogen-bond acceptors (Lipinski definition) is 3. The van der Waals surface area contributed by atoms with Gasteiger partial charge < -0.3 is 0 Å². The summed E-state index contributed by atoms with van der Waals surface area (Å²) in [7, 11) is 0. The number of hydrogen-bond donors (Lipinski definition) is 0. The molecule has 3 aliphatic rings. The van der Waals surface area contributed by atoms with E-state index in [1.165, 1.54) is 4.90 Å². The molecule has 0 spiro atoms. The van der Waals surface area contributed by atoms with Crippen molar-refractivity contribution >= 4 is 17.6 Å². The molecule has 1 heterocycles. The second-order valence-electron chi connectivity index (χ2n) is 6.22. The molecular weight excluding hydrogens is 266 g/mol. The van der Waals surface area contributed by atoms with Gasteiger partial charge in [-0.05, 0) is 31.1 Å². The molecule has 2 fully saturated rings. The number of rotatable bonds is 6. The van der Waals surface area contributed by atoms with Crippen LogP contribution in [0.1, 0.15) is 46.5 Å². The van der Waals surface area contributed by atoms with E-state index in [1.54, 1.807) is 0 Å². The first kappa shape index (κ1) is 15.9. The van der Waals surface area contributed by atoms with Crippen LogP contribution >= 0.6 is 0 Å². The number of imide groups is 1. The Balaban J connectivity index is 0.00000161. The molecule has 21 heavy (non-hydrogen) atoms. The van der Waals surface area contributed by atoms with E-state index in [9.17, 15) is 14.4 Å². The number of nitrogens with zero attached hydrogens (tertiary/aromatic N) is 1. The zero-order valence-electron chi connectivity index (χ0n) is 11.9. The second kappa shape index (κ2) is 6.12.